The molecule has 32 heavy (non-hydrogen) atoms. The summed E-state index contributed by atoms with van der Waals surface area (Å²) in [6.07, 6.45) is 0. The molecule has 5 rings (SSSR count). The third-order valence-electron chi connectivity index (χ3n) is 5.25. The van der Waals surface area contributed by atoms with Crippen LogP contribution in [0.1, 0.15) is 18.3 Å². The first-order valence-corrected chi connectivity index (χ1v) is 9.79. The van der Waals surface area contributed by atoms with Gasteiger partial charge >= 0.3 is 6.03 Å². The van der Waals surface area contributed by atoms with Crippen molar-refractivity contribution in [2.75, 3.05) is 17.8 Å². The molecule has 3 amide bonds. The molecule has 1 atom stereocenters. The number of para-hydroxylation sites is 1. The molecule has 0 radical (unpaired) electrons. The molecule has 11 heteroatoms. The molecule has 0 aliphatic carbocycles. The van der Waals surface area contributed by atoms with E-state index in [4.69, 9.17) is 15.2 Å². The van der Waals surface area contributed by atoms with Crippen LogP contribution in [0.4, 0.5) is 22.4 Å². The Bertz CT molecular complexity index is 1220. The van der Waals surface area contributed by atoms with E-state index in [2.05, 4.69) is 25.6 Å². The Kier molecular flexibility index (Phi) is 4.51. The number of amides is 3. The highest BCUT2D eigenvalue weighted by Crippen LogP contribution is 2.38. The van der Waals surface area contributed by atoms with E-state index in [9.17, 15) is 9.59 Å². The van der Waals surface area contributed by atoms with E-state index in [-0.39, 0.29) is 31.1 Å². The molecule has 1 fully saturated rings. The maximum atomic E-state index is 13.3. The lowest BCUT2D eigenvalue weighted by atomic mass is 9.91. The number of fused-ring (bicyclic) bond motifs is 1. The quantitative estimate of drug-likeness (QED) is 0.514. The molecule has 3 heterocycles. The molecule has 3 aromatic rings. The standard InChI is InChI=1S/C21H19N7O4/c1-21(12-7-8-14-15(9-12)32-11-31-14)17(29)28(20(30)27-21)10-16-24-18(22)26-19(25-16)23-13-5-3-2-4-6-13/h2-9H,10-11H2,1H3,(H,27,30)(H3,22,23,24,25,26)/t21-/m1/s1. The van der Waals surface area contributed by atoms with Gasteiger partial charge in [-0.2, -0.15) is 15.0 Å². The number of nitrogens with two attached hydrogens (primary N) is 1. The van der Waals surface area contributed by atoms with Crippen LogP contribution >= 0.6 is 0 Å². The second-order valence-electron chi connectivity index (χ2n) is 7.44. The van der Waals surface area contributed by atoms with Gasteiger partial charge in [-0.25, -0.2) is 4.79 Å². The average Bonchev–Trinajstić information content (AvgIpc) is 3.32. The average molecular weight is 433 g/mol. The second-order valence-corrected chi connectivity index (χ2v) is 7.44. The van der Waals surface area contributed by atoms with E-state index in [0.29, 0.717) is 17.1 Å². The number of benzene rings is 2. The van der Waals surface area contributed by atoms with E-state index in [1.54, 1.807) is 25.1 Å². The first-order valence-electron chi connectivity index (χ1n) is 9.79. The monoisotopic (exact) mass is 433 g/mol. The molecule has 2 aliphatic heterocycles. The lowest BCUT2D eigenvalue weighted by molar-refractivity contribution is -0.131. The number of carbonyl (C=O) groups is 2. The van der Waals surface area contributed by atoms with Crippen LogP contribution in [0.3, 0.4) is 0 Å². The number of nitrogens with one attached hydrogen (secondary N) is 2. The van der Waals surface area contributed by atoms with Gasteiger partial charge in [0.15, 0.2) is 17.3 Å². The van der Waals surface area contributed by atoms with E-state index >= 15 is 0 Å². The maximum absolute atomic E-state index is 13.3. The zero-order chi connectivity index (χ0) is 22.3. The van der Waals surface area contributed by atoms with Crippen LogP contribution in [-0.4, -0.2) is 38.6 Å². The fourth-order valence-electron chi connectivity index (χ4n) is 3.60. The second kappa shape index (κ2) is 7.38. The summed E-state index contributed by atoms with van der Waals surface area (Å²) in [5.41, 5.74) is 5.88. The number of hydrogen-bond acceptors (Lipinski definition) is 9. The predicted molar refractivity (Wildman–Crippen MR) is 113 cm³/mol. The molecule has 0 bridgehead atoms. The van der Waals surface area contributed by atoms with Gasteiger partial charge in [0.2, 0.25) is 18.7 Å². The normalized spacial score (nSPS) is 19.2. The molecule has 1 saturated heterocycles. The molecule has 1 aromatic heterocycles. The minimum Gasteiger partial charge on any atom is -0.454 e. The summed E-state index contributed by atoms with van der Waals surface area (Å²) in [7, 11) is 0. The lowest BCUT2D eigenvalue weighted by Crippen LogP contribution is -2.40. The van der Waals surface area contributed by atoms with Crippen molar-refractivity contribution in [2.24, 2.45) is 0 Å². The van der Waals surface area contributed by atoms with Crippen LogP contribution in [0.15, 0.2) is 48.5 Å². The Morgan fingerprint density at radius 3 is 2.69 bits per heavy atom. The lowest BCUT2D eigenvalue weighted by Gasteiger charge is -2.22. The van der Waals surface area contributed by atoms with Crippen LogP contribution in [0, 0.1) is 0 Å². The van der Waals surface area contributed by atoms with Gasteiger partial charge in [0.05, 0.1) is 6.54 Å². The number of imide groups is 1. The first kappa shape index (κ1) is 19.5. The van der Waals surface area contributed by atoms with Crippen molar-refractivity contribution in [3.05, 3.63) is 59.9 Å². The highest BCUT2D eigenvalue weighted by atomic mass is 16.7. The number of nitrogens with zero attached hydrogens (tertiary/aromatic N) is 4. The fraction of sp³-hybridized carbons (Fsp3) is 0.190. The predicted octanol–water partition coefficient (Wildman–Crippen LogP) is 1.89. The first-order chi connectivity index (χ1) is 15.4. The number of aromatic nitrogens is 3. The third-order valence-corrected chi connectivity index (χ3v) is 5.25. The number of anilines is 3. The van der Waals surface area contributed by atoms with Crippen LogP contribution < -0.4 is 25.8 Å². The molecule has 0 spiro atoms. The van der Waals surface area contributed by atoms with Crippen molar-refractivity contribution in [3.8, 4) is 11.5 Å². The third kappa shape index (κ3) is 3.39. The summed E-state index contributed by atoms with van der Waals surface area (Å²) in [4.78, 5) is 39.4. The molecule has 2 aliphatic rings. The Balaban J connectivity index is 1.39. The van der Waals surface area contributed by atoms with Gasteiger partial charge in [0.25, 0.3) is 5.91 Å². The number of rotatable bonds is 5. The highest BCUT2D eigenvalue weighted by Gasteiger charge is 2.49. The Hall–Kier alpha value is -4.41. The maximum Gasteiger partial charge on any atom is 0.325 e. The smallest absolute Gasteiger partial charge is 0.325 e. The zero-order valence-electron chi connectivity index (χ0n) is 17.0. The Morgan fingerprint density at radius 1 is 1.09 bits per heavy atom. The molecular formula is C21H19N7O4. The molecule has 0 saturated carbocycles. The molecule has 0 unspecified atom stereocenters. The molecule has 11 nitrogen and oxygen atoms in total. The highest BCUT2D eigenvalue weighted by molar-refractivity contribution is 6.07. The van der Waals surface area contributed by atoms with Crippen molar-refractivity contribution in [1.29, 1.82) is 0 Å². The number of carbonyl (C=O) groups excluding carboxylic acids is 2. The van der Waals surface area contributed by atoms with E-state index in [0.717, 1.165) is 10.6 Å². The van der Waals surface area contributed by atoms with Crippen LogP contribution in [-0.2, 0) is 16.9 Å². The summed E-state index contributed by atoms with van der Waals surface area (Å²) < 4.78 is 10.7. The summed E-state index contributed by atoms with van der Waals surface area (Å²) in [5, 5.41) is 5.78. The summed E-state index contributed by atoms with van der Waals surface area (Å²) in [5.74, 6) is 1.02. The van der Waals surface area contributed by atoms with E-state index < -0.39 is 17.5 Å². The van der Waals surface area contributed by atoms with Crippen LogP contribution in [0.5, 0.6) is 11.5 Å². The zero-order valence-corrected chi connectivity index (χ0v) is 17.0. The Morgan fingerprint density at radius 2 is 1.88 bits per heavy atom. The van der Waals surface area contributed by atoms with Crippen molar-refractivity contribution in [3.63, 3.8) is 0 Å². The van der Waals surface area contributed by atoms with Gasteiger partial charge < -0.3 is 25.8 Å². The van der Waals surface area contributed by atoms with Crippen molar-refractivity contribution in [2.45, 2.75) is 19.0 Å². The van der Waals surface area contributed by atoms with Gasteiger partial charge in [-0.3, -0.25) is 9.69 Å². The van der Waals surface area contributed by atoms with Gasteiger partial charge in [-0.1, -0.05) is 24.3 Å². The van der Waals surface area contributed by atoms with Gasteiger partial charge in [0, 0.05) is 5.69 Å². The minimum atomic E-state index is -1.28. The number of urea groups is 1. The van der Waals surface area contributed by atoms with Gasteiger partial charge in [0.1, 0.15) is 5.54 Å². The summed E-state index contributed by atoms with van der Waals surface area (Å²) in [6.45, 7) is 1.58. The van der Waals surface area contributed by atoms with E-state index in [1.165, 1.54) is 0 Å². The Labute approximate surface area is 182 Å². The van der Waals surface area contributed by atoms with Crippen molar-refractivity contribution >= 4 is 29.5 Å². The fourth-order valence-corrected chi connectivity index (χ4v) is 3.60. The molecule has 2 aromatic carbocycles. The van der Waals surface area contributed by atoms with Gasteiger partial charge in [-0.05, 0) is 36.8 Å². The minimum absolute atomic E-state index is 0.0287. The van der Waals surface area contributed by atoms with Crippen LogP contribution in [0.25, 0.3) is 0 Å². The SMILES string of the molecule is C[C@]1(c2ccc3c(c2)OCO3)NC(=O)N(Cc2nc(N)nc(Nc3ccccc3)n2)C1=O. The molecular weight excluding hydrogens is 414 g/mol. The number of nitrogen functional groups attached to an aromatic ring is 1. The van der Waals surface area contributed by atoms with Crippen molar-refractivity contribution < 1.29 is 19.1 Å². The van der Waals surface area contributed by atoms with Gasteiger partial charge in [-0.15, -0.1) is 0 Å². The van der Waals surface area contributed by atoms with E-state index in [1.807, 2.05) is 30.3 Å². The van der Waals surface area contributed by atoms with Crippen molar-refractivity contribution in [1.82, 2.24) is 25.2 Å². The molecule has 4 N–H and O–H groups in total. The molecule has 162 valence electrons. The number of hydrogen-bond donors (Lipinski definition) is 3. The summed E-state index contributed by atoms with van der Waals surface area (Å²) in [6, 6.07) is 13.8. The largest absolute Gasteiger partial charge is 0.454 e. The summed E-state index contributed by atoms with van der Waals surface area (Å²) >= 11 is 0. The number of ether oxygens (including phenoxy) is 2. The van der Waals surface area contributed by atoms with Crippen LogP contribution in [0.2, 0.25) is 0 Å². The topological polar surface area (TPSA) is 145 Å².